The Bertz CT molecular complexity index is 957. The zero-order chi connectivity index (χ0) is 18.1. The van der Waals surface area contributed by atoms with Gasteiger partial charge in [0, 0.05) is 10.8 Å². The molecular weight excluding hydrogens is 334 g/mol. The number of carbonyl (C=O) groups excluding carboxylic acids is 1. The van der Waals surface area contributed by atoms with Gasteiger partial charge in [-0.25, -0.2) is 4.79 Å². The summed E-state index contributed by atoms with van der Waals surface area (Å²) < 4.78 is 5.05. The number of carboxylic acid groups (broad SMARTS) is 1. The van der Waals surface area contributed by atoms with Crippen LogP contribution in [0.2, 0.25) is 0 Å². The predicted octanol–water partition coefficient (Wildman–Crippen LogP) is 3.72. The average Bonchev–Trinajstić information content (AvgIpc) is 3.34. The number of nitrogens with zero attached hydrogens (tertiary/aromatic N) is 2. The van der Waals surface area contributed by atoms with E-state index < -0.39 is 6.09 Å². The van der Waals surface area contributed by atoms with Crippen LogP contribution in [0, 0.1) is 0 Å². The summed E-state index contributed by atoms with van der Waals surface area (Å²) in [6, 6.07) is 15.4. The van der Waals surface area contributed by atoms with E-state index in [1.165, 1.54) is 0 Å². The molecule has 0 unspecified atom stereocenters. The fourth-order valence-electron chi connectivity index (χ4n) is 2.98. The Morgan fingerprint density at radius 2 is 1.62 bits per heavy atom. The van der Waals surface area contributed by atoms with Crippen molar-refractivity contribution >= 4 is 18.2 Å². The van der Waals surface area contributed by atoms with Crippen molar-refractivity contribution in [2.24, 2.45) is 0 Å². The molecule has 0 atom stereocenters. The Hall–Kier alpha value is -3.48. The Balaban J connectivity index is 1.57. The second kappa shape index (κ2) is 6.11. The van der Waals surface area contributed by atoms with Crippen molar-refractivity contribution in [2.45, 2.75) is 18.3 Å². The van der Waals surface area contributed by atoms with Crippen LogP contribution in [-0.2, 0) is 10.2 Å². The normalized spacial score (nSPS) is 14.6. The molecule has 2 aromatic carbocycles. The topological polar surface area (TPSA) is 105 Å². The molecule has 1 amide bonds. The van der Waals surface area contributed by atoms with Gasteiger partial charge in [0.25, 0.3) is 0 Å². The number of benzene rings is 2. The van der Waals surface area contributed by atoms with E-state index in [-0.39, 0.29) is 17.0 Å². The van der Waals surface area contributed by atoms with Gasteiger partial charge < -0.3 is 14.4 Å². The molecule has 1 aliphatic rings. The van der Waals surface area contributed by atoms with Crippen molar-refractivity contribution in [3.8, 4) is 22.5 Å². The van der Waals surface area contributed by atoms with Crippen LogP contribution < -0.4 is 5.32 Å². The lowest BCUT2D eigenvalue weighted by atomic mass is 9.95. The minimum atomic E-state index is -1.23. The van der Waals surface area contributed by atoms with Gasteiger partial charge >= 0.3 is 6.09 Å². The lowest BCUT2D eigenvalue weighted by Crippen LogP contribution is -2.08. The molecule has 1 aliphatic carbocycles. The second-order valence-corrected chi connectivity index (χ2v) is 6.31. The molecule has 7 heteroatoms. The highest BCUT2D eigenvalue weighted by Gasteiger charge is 2.44. The van der Waals surface area contributed by atoms with Gasteiger partial charge in [0.2, 0.25) is 11.6 Å². The Kier molecular flexibility index (Phi) is 3.76. The highest BCUT2D eigenvalue weighted by molar-refractivity contribution is 5.86. The van der Waals surface area contributed by atoms with Crippen LogP contribution in [0.25, 0.3) is 22.5 Å². The smallest absolute Gasteiger partial charge is 0.410 e. The van der Waals surface area contributed by atoms with Gasteiger partial charge in [0.05, 0.1) is 5.41 Å². The maximum absolute atomic E-state index is 11.2. The number of hydrogen-bond donors (Lipinski definition) is 2. The fourth-order valence-corrected chi connectivity index (χ4v) is 2.98. The summed E-state index contributed by atoms with van der Waals surface area (Å²) in [5.41, 5.74) is 3.48. The van der Waals surface area contributed by atoms with Crippen LogP contribution in [0.3, 0.4) is 0 Å². The molecule has 7 nitrogen and oxygen atoms in total. The number of aldehydes is 1. The Morgan fingerprint density at radius 1 is 1.04 bits per heavy atom. The van der Waals surface area contributed by atoms with E-state index >= 15 is 0 Å². The molecule has 2 N–H and O–H groups in total. The predicted molar refractivity (Wildman–Crippen MR) is 93.8 cm³/mol. The highest BCUT2D eigenvalue weighted by atomic mass is 16.5. The van der Waals surface area contributed by atoms with Gasteiger partial charge in [-0.15, -0.1) is 0 Å². The van der Waals surface area contributed by atoms with E-state index in [1.54, 1.807) is 0 Å². The van der Waals surface area contributed by atoms with Crippen molar-refractivity contribution in [1.29, 1.82) is 0 Å². The maximum atomic E-state index is 11.2. The molecule has 0 radical (unpaired) electrons. The van der Waals surface area contributed by atoms with Crippen LogP contribution in [0.5, 0.6) is 0 Å². The zero-order valence-electron chi connectivity index (χ0n) is 13.7. The number of hydrogen-bond acceptors (Lipinski definition) is 5. The van der Waals surface area contributed by atoms with Gasteiger partial charge in [-0.1, -0.05) is 53.6 Å². The monoisotopic (exact) mass is 349 g/mol. The van der Waals surface area contributed by atoms with Crippen LogP contribution in [0.15, 0.2) is 53.1 Å². The van der Waals surface area contributed by atoms with Gasteiger partial charge in [-0.05, 0) is 29.5 Å². The van der Waals surface area contributed by atoms with Crippen molar-refractivity contribution in [3.63, 3.8) is 0 Å². The van der Waals surface area contributed by atoms with Crippen LogP contribution in [0.4, 0.5) is 10.6 Å². The lowest BCUT2D eigenvalue weighted by molar-refractivity contribution is -0.109. The molecule has 130 valence electrons. The van der Waals surface area contributed by atoms with Gasteiger partial charge in [0.1, 0.15) is 6.29 Å². The quantitative estimate of drug-likeness (QED) is 0.680. The third-order valence-electron chi connectivity index (χ3n) is 4.67. The average molecular weight is 349 g/mol. The number of carbonyl (C=O) groups is 2. The molecule has 0 spiro atoms. The number of nitrogens with one attached hydrogen (secondary N) is 1. The number of rotatable bonds is 5. The SMILES string of the molecule is O=CC1(c2ccc(-c3ccc(-c4onnc4NC(=O)O)cc3)cc2)CC1. The van der Waals surface area contributed by atoms with E-state index in [2.05, 4.69) is 15.7 Å². The van der Waals surface area contributed by atoms with Crippen LogP contribution in [-0.4, -0.2) is 27.9 Å². The second-order valence-electron chi connectivity index (χ2n) is 6.31. The minimum Gasteiger partial charge on any atom is -0.465 e. The third-order valence-corrected chi connectivity index (χ3v) is 4.67. The van der Waals surface area contributed by atoms with Gasteiger partial charge in [0.15, 0.2) is 0 Å². The molecule has 26 heavy (non-hydrogen) atoms. The molecule has 0 saturated heterocycles. The van der Waals surface area contributed by atoms with E-state index in [9.17, 15) is 9.59 Å². The van der Waals surface area contributed by atoms with Crippen molar-refractivity contribution in [3.05, 3.63) is 54.1 Å². The van der Waals surface area contributed by atoms with E-state index in [0.29, 0.717) is 5.56 Å². The zero-order valence-corrected chi connectivity index (χ0v) is 13.7. The molecule has 1 fully saturated rings. The summed E-state index contributed by atoms with van der Waals surface area (Å²) in [6.07, 6.45) is 1.65. The van der Waals surface area contributed by atoms with Crippen LogP contribution in [0.1, 0.15) is 18.4 Å². The summed E-state index contributed by atoms with van der Waals surface area (Å²) >= 11 is 0. The largest absolute Gasteiger partial charge is 0.465 e. The summed E-state index contributed by atoms with van der Waals surface area (Å²) in [7, 11) is 0. The molecular formula is C19H15N3O4. The summed E-state index contributed by atoms with van der Waals surface area (Å²) in [5, 5.41) is 18.0. The molecule has 1 heterocycles. The Labute approximate surface area is 148 Å². The maximum Gasteiger partial charge on any atom is 0.410 e. The molecule has 3 aromatic rings. The van der Waals surface area contributed by atoms with Crippen molar-refractivity contribution in [2.75, 3.05) is 5.32 Å². The van der Waals surface area contributed by atoms with E-state index in [1.807, 2.05) is 48.5 Å². The minimum absolute atomic E-state index is 0.0539. The third kappa shape index (κ3) is 2.83. The number of aromatic nitrogens is 2. The molecule has 4 rings (SSSR count). The van der Waals surface area contributed by atoms with Crippen LogP contribution >= 0.6 is 0 Å². The first-order valence-electron chi connectivity index (χ1n) is 8.11. The number of anilines is 1. The summed E-state index contributed by atoms with van der Waals surface area (Å²) in [5.74, 6) is 0.314. The first-order chi connectivity index (χ1) is 12.6. The van der Waals surface area contributed by atoms with Crippen molar-refractivity contribution < 1.29 is 19.2 Å². The summed E-state index contributed by atoms with van der Waals surface area (Å²) in [6.45, 7) is 0. The van der Waals surface area contributed by atoms with Gasteiger partial charge in [-0.2, -0.15) is 0 Å². The lowest BCUT2D eigenvalue weighted by Gasteiger charge is -2.09. The fraction of sp³-hybridized carbons (Fsp3) is 0.158. The van der Waals surface area contributed by atoms with E-state index in [0.717, 1.165) is 35.8 Å². The first-order valence-corrected chi connectivity index (χ1v) is 8.11. The first kappa shape index (κ1) is 16.0. The Morgan fingerprint density at radius 3 is 2.15 bits per heavy atom. The standard InChI is InChI=1S/C19H15N3O4/c23-11-19(9-10-19)15-7-5-13(6-8-15)12-1-3-14(4-2-12)16-17(20-18(24)25)21-22-26-16/h1-8,11,20H,9-10H2,(H,24,25). The van der Waals surface area contributed by atoms with Gasteiger partial charge in [-0.3, -0.25) is 5.32 Å². The highest BCUT2D eigenvalue weighted by Crippen LogP contribution is 2.46. The molecule has 1 aromatic heterocycles. The molecule has 0 bridgehead atoms. The molecule has 1 saturated carbocycles. The molecule has 0 aliphatic heterocycles. The van der Waals surface area contributed by atoms with Crippen molar-refractivity contribution in [1.82, 2.24) is 10.4 Å². The summed E-state index contributed by atoms with van der Waals surface area (Å²) in [4.78, 5) is 22.0. The number of amides is 1. The van der Waals surface area contributed by atoms with E-state index in [4.69, 9.17) is 9.63 Å².